The highest BCUT2D eigenvalue weighted by molar-refractivity contribution is 5.37. The fourth-order valence-electron chi connectivity index (χ4n) is 2.78. The molecular weight excluding hydrogens is 220 g/mol. The maximum Gasteiger partial charge on any atom is 0.0239 e. The lowest BCUT2D eigenvalue weighted by atomic mass is 9.95. The van der Waals surface area contributed by atoms with Gasteiger partial charge in [-0.05, 0) is 56.5 Å². The molecule has 100 valence electrons. The van der Waals surface area contributed by atoms with Crippen molar-refractivity contribution in [1.82, 2.24) is 10.2 Å². The van der Waals surface area contributed by atoms with Crippen LogP contribution in [0, 0.1) is 0 Å². The summed E-state index contributed by atoms with van der Waals surface area (Å²) in [5.41, 5.74) is 4.63. The van der Waals surface area contributed by atoms with Crippen molar-refractivity contribution < 1.29 is 0 Å². The first-order valence-electron chi connectivity index (χ1n) is 7.26. The van der Waals surface area contributed by atoms with Gasteiger partial charge in [0.15, 0.2) is 0 Å². The second kappa shape index (κ2) is 6.35. The maximum absolute atomic E-state index is 3.46. The number of fused-ring (bicyclic) bond motifs is 1. The first kappa shape index (κ1) is 13.6. The van der Waals surface area contributed by atoms with E-state index in [-0.39, 0.29) is 0 Å². The van der Waals surface area contributed by atoms with Gasteiger partial charge in [-0.2, -0.15) is 0 Å². The van der Waals surface area contributed by atoms with Crippen LogP contribution in [0.4, 0.5) is 0 Å². The Labute approximate surface area is 111 Å². The zero-order valence-corrected chi connectivity index (χ0v) is 12.0. The molecule has 1 aromatic carbocycles. The molecule has 18 heavy (non-hydrogen) atoms. The molecule has 0 aromatic heterocycles. The summed E-state index contributed by atoms with van der Waals surface area (Å²) < 4.78 is 0. The van der Waals surface area contributed by atoms with E-state index in [1.165, 1.54) is 30.5 Å². The topological polar surface area (TPSA) is 15.3 Å². The molecule has 0 aliphatic carbocycles. The van der Waals surface area contributed by atoms with Gasteiger partial charge in [0.2, 0.25) is 0 Å². The molecule has 2 heteroatoms. The normalized spacial score (nSPS) is 15.2. The molecule has 0 saturated heterocycles. The minimum atomic E-state index is 0.627. The van der Waals surface area contributed by atoms with Gasteiger partial charge in [-0.25, -0.2) is 0 Å². The Hall–Kier alpha value is -0.860. The Kier molecular flexibility index (Phi) is 4.79. The summed E-state index contributed by atoms with van der Waals surface area (Å²) in [5, 5.41) is 3.46. The van der Waals surface area contributed by atoms with E-state index in [0.717, 1.165) is 19.6 Å². The molecule has 0 bridgehead atoms. The number of rotatable bonds is 5. The van der Waals surface area contributed by atoms with Crippen LogP contribution in [0.5, 0.6) is 0 Å². The van der Waals surface area contributed by atoms with Crippen molar-refractivity contribution in [1.29, 1.82) is 0 Å². The van der Waals surface area contributed by atoms with Crippen LogP contribution in [0.3, 0.4) is 0 Å². The van der Waals surface area contributed by atoms with Crippen LogP contribution < -0.4 is 5.32 Å². The highest BCUT2D eigenvalue weighted by atomic mass is 15.1. The van der Waals surface area contributed by atoms with Crippen LogP contribution in [0.25, 0.3) is 0 Å². The molecule has 0 fully saturated rings. The molecule has 1 aromatic rings. The number of benzene rings is 1. The average Bonchev–Trinajstić information content (AvgIpc) is 2.38. The third kappa shape index (κ3) is 3.12. The van der Waals surface area contributed by atoms with Crippen molar-refractivity contribution in [3.8, 4) is 0 Å². The molecule has 2 nitrogen and oxygen atoms in total. The summed E-state index contributed by atoms with van der Waals surface area (Å²) >= 11 is 0. The van der Waals surface area contributed by atoms with Crippen LogP contribution >= 0.6 is 0 Å². The summed E-state index contributed by atoms with van der Waals surface area (Å²) in [7, 11) is 0. The number of nitrogens with zero attached hydrogens (tertiary/aromatic N) is 1. The molecule has 2 rings (SSSR count). The summed E-state index contributed by atoms with van der Waals surface area (Å²) in [6.45, 7) is 11.3. The SMILES string of the molecule is CCCN(Cc1cccc2c1CCNC2)C(C)C. The van der Waals surface area contributed by atoms with E-state index in [4.69, 9.17) is 0 Å². The lowest BCUT2D eigenvalue weighted by Crippen LogP contribution is -2.32. The van der Waals surface area contributed by atoms with E-state index in [0.29, 0.717) is 6.04 Å². The van der Waals surface area contributed by atoms with E-state index in [2.05, 4.69) is 49.2 Å². The second-order valence-electron chi connectivity index (χ2n) is 5.55. The van der Waals surface area contributed by atoms with E-state index in [9.17, 15) is 0 Å². The summed E-state index contributed by atoms with van der Waals surface area (Å²) in [6, 6.07) is 7.42. The van der Waals surface area contributed by atoms with Gasteiger partial charge in [0.05, 0.1) is 0 Å². The highest BCUT2D eigenvalue weighted by Gasteiger charge is 2.15. The molecule has 0 saturated carbocycles. The first-order chi connectivity index (χ1) is 8.72. The van der Waals surface area contributed by atoms with Crippen LogP contribution in [-0.2, 0) is 19.5 Å². The number of hydrogen-bond acceptors (Lipinski definition) is 2. The Morgan fingerprint density at radius 2 is 2.17 bits per heavy atom. The number of hydrogen-bond donors (Lipinski definition) is 1. The molecule has 0 amide bonds. The Balaban J connectivity index is 2.17. The van der Waals surface area contributed by atoms with Crippen LogP contribution in [0.1, 0.15) is 43.9 Å². The van der Waals surface area contributed by atoms with Crippen molar-refractivity contribution >= 4 is 0 Å². The molecular formula is C16H26N2. The molecule has 0 unspecified atom stereocenters. The van der Waals surface area contributed by atoms with Crippen molar-refractivity contribution in [2.75, 3.05) is 13.1 Å². The van der Waals surface area contributed by atoms with Gasteiger partial charge in [-0.15, -0.1) is 0 Å². The third-order valence-electron chi connectivity index (χ3n) is 3.85. The van der Waals surface area contributed by atoms with E-state index in [1.54, 1.807) is 5.56 Å². The van der Waals surface area contributed by atoms with Crippen molar-refractivity contribution in [2.24, 2.45) is 0 Å². The fraction of sp³-hybridized carbons (Fsp3) is 0.625. The monoisotopic (exact) mass is 246 g/mol. The average molecular weight is 246 g/mol. The fourth-order valence-corrected chi connectivity index (χ4v) is 2.78. The summed E-state index contributed by atoms with van der Waals surface area (Å²) in [4.78, 5) is 2.58. The third-order valence-corrected chi connectivity index (χ3v) is 3.85. The largest absolute Gasteiger partial charge is 0.312 e. The molecule has 1 heterocycles. The maximum atomic E-state index is 3.46. The van der Waals surface area contributed by atoms with Gasteiger partial charge in [-0.1, -0.05) is 25.1 Å². The molecule has 0 atom stereocenters. The van der Waals surface area contributed by atoms with Crippen LogP contribution in [0.15, 0.2) is 18.2 Å². The van der Waals surface area contributed by atoms with Crippen molar-refractivity contribution in [2.45, 2.75) is 52.7 Å². The Morgan fingerprint density at radius 1 is 1.33 bits per heavy atom. The standard InChI is InChI=1S/C16H26N2/c1-4-10-18(13(2)3)12-15-7-5-6-14-11-17-9-8-16(14)15/h5-7,13,17H,4,8-12H2,1-3H3. The van der Waals surface area contributed by atoms with Crippen molar-refractivity contribution in [3.63, 3.8) is 0 Å². The molecule has 1 N–H and O–H groups in total. The predicted octanol–water partition coefficient (Wildman–Crippen LogP) is 2.95. The Morgan fingerprint density at radius 3 is 2.89 bits per heavy atom. The lowest BCUT2D eigenvalue weighted by Gasteiger charge is -2.28. The highest BCUT2D eigenvalue weighted by Crippen LogP contribution is 2.21. The van der Waals surface area contributed by atoms with E-state index < -0.39 is 0 Å². The number of nitrogens with one attached hydrogen (secondary N) is 1. The van der Waals surface area contributed by atoms with Gasteiger partial charge in [0.1, 0.15) is 0 Å². The summed E-state index contributed by atoms with van der Waals surface area (Å²) in [5.74, 6) is 0. The second-order valence-corrected chi connectivity index (χ2v) is 5.55. The minimum absolute atomic E-state index is 0.627. The summed E-state index contributed by atoms with van der Waals surface area (Å²) in [6.07, 6.45) is 2.42. The lowest BCUT2D eigenvalue weighted by molar-refractivity contribution is 0.212. The van der Waals surface area contributed by atoms with Crippen molar-refractivity contribution in [3.05, 3.63) is 34.9 Å². The van der Waals surface area contributed by atoms with Gasteiger partial charge >= 0.3 is 0 Å². The quantitative estimate of drug-likeness (QED) is 0.859. The van der Waals surface area contributed by atoms with Gasteiger partial charge in [-0.3, -0.25) is 4.90 Å². The van der Waals surface area contributed by atoms with Crippen LogP contribution in [0.2, 0.25) is 0 Å². The molecule has 0 radical (unpaired) electrons. The van der Waals surface area contributed by atoms with Gasteiger partial charge < -0.3 is 5.32 Å². The van der Waals surface area contributed by atoms with Gasteiger partial charge in [0, 0.05) is 19.1 Å². The predicted molar refractivity (Wildman–Crippen MR) is 77.7 cm³/mol. The zero-order chi connectivity index (χ0) is 13.0. The van der Waals surface area contributed by atoms with E-state index in [1.807, 2.05) is 0 Å². The zero-order valence-electron chi connectivity index (χ0n) is 12.0. The van der Waals surface area contributed by atoms with Gasteiger partial charge in [0.25, 0.3) is 0 Å². The minimum Gasteiger partial charge on any atom is -0.312 e. The van der Waals surface area contributed by atoms with Crippen LogP contribution in [-0.4, -0.2) is 24.0 Å². The van der Waals surface area contributed by atoms with E-state index >= 15 is 0 Å². The smallest absolute Gasteiger partial charge is 0.0239 e. The first-order valence-corrected chi connectivity index (χ1v) is 7.26. The Bertz CT molecular complexity index is 385. The molecule has 1 aliphatic rings. The molecule has 1 aliphatic heterocycles. The molecule has 0 spiro atoms.